The number of aryl methyl sites for hydroxylation is 1. The van der Waals surface area contributed by atoms with Gasteiger partial charge in [-0.25, -0.2) is 0 Å². The number of anilines is 3. The number of nitrogens with zero attached hydrogens (tertiary/aromatic N) is 1. The lowest BCUT2D eigenvalue weighted by Crippen LogP contribution is -2.43. The quantitative estimate of drug-likeness (QED) is 0.172. The average Bonchev–Trinajstić information content (AvgIpc) is 3.46. The maximum atomic E-state index is 2.50. The number of hydrogen-bond acceptors (Lipinski definition) is 1. The van der Waals surface area contributed by atoms with Crippen molar-refractivity contribution in [1.29, 1.82) is 0 Å². The summed E-state index contributed by atoms with van der Waals surface area (Å²) in [5.41, 5.74) is 20.7. The molecule has 0 N–H and O–H groups in total. The Morgan fingerprint density at radius 2 is 0.982 bits per heavy atom. The number of benzene rings is 9. The van der Waals surface area contributed by atoms with E-state index in [0.29, 0.717) is 0 Å². The molecule has 0 atom stereocenters. The first-order valence-corrected chi connectivity index (χ1v) is 19.8. The van der Waals surface area contributed by atoms with E-state index >= 15 is 0 Å². The minimum absolute atomic E-state index is 0.0564. The van der Waals surface area contributed by atoms with Crippen LogP contribution in [0.4, 0.5) is 17.1 Å². The summed E-state index contributed by atoms with van der Waals surface area (Å²) in [5, 5.41) is 5.43. The Labute approximate surface area is 328 Å². The molecule has 3 aliphatic rings. The van der Waals surface area contributed by atoms with Crippen molar-refractivity contribution in [3.05, 3.63) is 221 Å². The van der Waals surface area contributed by atoms with Crippen LogP contribution in [0, 0.1) is 6.92 Å². The molecule has 0 aliphatic heterocycles. The first-order valence-electron chi connectivity index (χ1n) is 19.8. The van der Waals surface area contributed by atoms with Gasteiger partial charge in [0, 0.05) is 22.2 Å². The lowest BCUT2D eigenvalue weighted by Gasteiger charge is -2.52. The molecule has 9 aromatic carbocycles. The second-order valence-electron chi connectivity index (χ2n) is 16.5. The Hall–Kier alpha value is -6.70. The van der Waals surface area contributed by atoms with Crippen LogP contribution in [-0.4, -0.2) is 0 Å². The largest absolute Gasteiger partial charge is 0.310 e. The minimum Gasteiger partial charge on any atom is -0.310 e. The summed E-state index contributed by atoms with van der Waals surface area (Å²) in [5.74, 6) is 0. The smallest absolute Gasteiger partial charge is 0.0726 e. The van der Waals surface area contributed by atoms with Gasteiger partial charge in [0.2, 0.25) is 0 Å². The van der Waals surface area contributed by atoms with E-state index in [2.05, 4.69) is 208 Å². The van der Waals surface area contributed by atoms with Gasteiger partial charge in [-0.3, -0.25) is 0 Å². The van der Waals surface area contributed by atoms with Crippen molar-refractivity contribution in [2.75, 3.05) is 4.90 Å². The first-order chi connectivity index (χ1) is 27.4. The van der Waals surface area contributed by atoms with Gasteiger partial charge >= 0.3 is 0 Å². The fraction of sp³-hybridized carbons (Fsp3) is 0.0909. The van der Waals surface area contributed by atoms with Crippen LogP contribution in [0.5, 0.6) is 0 Å². The lowest BCUT2D eigenvalue weighted by molar-refractivity contribution is 0.660. The molecule has 1 nitrogen and oxygen atoms in total. The molecule has 9 aromatic rings. The van der Waals surface area contributed by atoms with E-state index < -0.39 is 0 Å². The predicted molar refractivity (Wildman–Crippen MR) is 235 cm³/mol. The predicted octanol–water partition coefficient (Wildman–Crippen LogP) is 14.4. The van der Waals surface area contributed by atoms with E-state index in [1.165, 1.54) is 105 Å². The fourth-order valence-corrected chi connectivity index (χ4v) is 10.8. The molecule has 0 fully saturated rings. The van der Waals surface area contributed by atoms with Crippen LogP contribution in [0.1, 0.15) is 52.8 Å². The second-order valence-corrected chi connectivity index (χ2v) is 16.5. The maximum absolute atomic E-state index is 2.50. The minimum atomic E-state index is -0.150. The van der Waals surface area contributed by atoms with Gasteiger partial charge in [0.1, 0.15) is 0 Å². The van der Waals surface area contributed by atoms with E-state index in [-0.39, 0.29) is 10.8 Å². The van der Waals surface area contributed by atoms with Gasteiger partial charge < -0.3 is 4.90 Å². The van der Waals surface area contributed by atoms with Crippen molar-refractivity contribution in [1.82, 2.24) is 0 Å². The third-order valence-corrected chi connectivity index (χ3v) is 13.3. The molecule has 12 rings (SSSR count). The fourth-order valence-electron chi connectivity index (χ4n) is 10.8. The summed E-state index contributed by atoms with van der Waals surface area (Å²) in [6.45, 7) is 6.98. The van der Waals surface area contributed by atoms with Crippen LogP contribution in [0.15, 0.2) is 182 Å². The summed E-state index contributed by atoms with van der Waals surface area (Å²) in [7, 11) is 0. The van der Waals surface area contributed by atoms with E-state index in [9.17, 15) is 0 Å². The van der Waals surface area contributed by atoms with E-state index in [0.717, 1.165) is 5.69 Å². The number of hydrogen-bond donors (Lipinski definition) is 0. The summed E-state index contributed by atoms with van der Waals surface area (Å²) in [6, 6.07) is 68.2. The third-order valence-electron chi connectivity index (χ3n) is 13.3. The van der Waals surface area contributed by atoms with Gasteiger partial charge in [0.15, 0.2) is 0 Å². The monoisotopic (exact) mass is 713 g/mol. The molecule has 3 aliphatic carbocycles. The molecule has 0 amide bonds. The Balaban J connectivity index is 1.03. The van der Waals surface area contributed by atoms with Crippen LogP contribution in [0.3, 0.4) is 0 Å². The third kappa shape index (κ3) is 4.00. The lowest BCUT2D eigenvalue weighted by atomic mass is 9.49. The van der Waals surface area contributed by atoms with Gasteiger partial charge in [-0.1, -0.05) is 159 Å². The van der Waals surface area contributed by atoms with Crippen molar-refractivity contribution < 1.29 is 0 Å². The van der Waals surface area contributed by atoms with E-state index in [4.69, 9.17) is 0 Å². The zero-order valence-electron chi connectivity index (χ0n) is 31.8. The highest BCUT2D eigenvalue weighted by atomic mass is 15.1. The van der Waals surface area contributed by atoms with Crippen molar-refractivity contribution in [2.24, 2.45) is 0 Å². The molecule has 0 heterocycles. The molecule has 0 aromatic heterocycles. The Kier molecular flexibility index (Phi) is 6.32. The molecular formula is C55H39N. The highest BCUT2D eigenvalue weighted by Crippen LogP contribution is 2.65. The normalized spacial score (nSPS) is 14.6. The molecule has 0 saturated heterocycles. The van der Waals surface area contributed by atoms with Crippen molar-refractivity contribution >= 4 is 38.6 Å². The highest BCUT2D eigenvalue weighted by molar-refractivity contribution is 6.14. The average molecular weight is 714 g/mol. The first kappa shape index (κ1) is 31.6. The Bertz CT molecular complexity index is 3080. The number of fused-ring (bicyclic) bond motifs is 7. The van der Waals surface area contributed by atoms with E-state index in [1.54, 1.807) is 0 Å². The van der Waals surface area contributed by atoms with Crippen molar-refractivity contribution in [2.45, 2.75) is 31.6 Å². The molecule has 1 heteroatoms. The molecule has 1 spiro atoms. The van der Waals surface area contributed by atoms with Gasteiger partial charge in [0.25, 0.3) is 0 Å². The topological polar surface area (TPSA) is 3.24 Å². The van der Waals surface area contributed by atoms with E-state index in [1.807, 2.05) is 0 Å². The number of rotatable bonds is 5. The van der Waals surface area contributed by atoms with Gasteiger partial charge in [-0.05, 0) is 132 Å². The van der Waals surface area contributed by atoms with Gasteiger partial charge in [0.05, 0.1) is 11.1 Å². The molecule has 264 valence electrons. The molecule has 0 saturated carbocycles. The van der Waals surface area contributed by atoms with Gasteiger partial charge in [-0.15, -0.1) is 0 Å². The van der Waals surface area contributed by atoms with Crippen LogP contribution in [0.25, 0.3) is 54.9 Å². The van der Waals surface area contributed by atoms with Crippen molar-refractivity contribution in [3.63, 3.8) is 0 Å². The van der Waals surface area contributed by atoms with Crippen molar-refractivity contribution in [3.8, 4) is 33.4 Å². The second kappa shape index (κ2) is 11.2. The Morgan fingerprint density at radius 3 is 1.79 bits per heavy atom. The van der Waals surface area contributed by atoms with Crippen LogP contribution < -0.4 is 4.90 Å². The summed E-state index contributed by atoms with van der Waals surface area (Å²) in [6.07, 6.45) is 0. The summed E-state index contributed by atoms with van der Waals surface area (Å²) < 4.78 is 0. The Morgan fingerprint density at radius 1 is 0.393 bits per heavy atom. The molecule has 0 unspecified atom stereocenters. The maximum Gasteiger partial charge on any atom is 0.0726 e. The SMILES string of the molecule is Cc1cc(-c2ccccc2)ccc1N(c1cccc(-c2ccc3c(c2)C(C)(C)c2ccccc2-3)c1)c1ccc2c3c(cccc13)C21c2cccc3cccc1c23. The molecular weight excluding hydrogens is 675 g/mol. The molecule has 0 bridgehead atoms. The van der Waals surface area contributed by atoms with Crippen LogP contribution >= 0.6 is 0 Å². The van der Waals surface area contributed by atoms with Gasteiger partial charge in [-0.2, -0.15) is 0 Å². The molecule has 0 radical (unpaired) electrons. The summed E-state index contributed by atoms with van der Waals surface area (Å²) >= 11 is 0. The highest BCUT2D eigenvalue weighted by Gasteiger charge is 2.54. The summed E-state index contributed by atoms with van der Waals surface area (Å²) in [4.78, 5) is 2.50. The van der Waals surface area contributed by atoms with Crippen LogP contribution in [-0.2, 0) is 10.8 Å². The standard InChI is InChI=1S/C55H39N/c1-34-31-38(35-13-5-4-6-14-35)26-29-50(34)56(40-18-9-17-37(32-40)39-25-27-42-41-19-7-8-21-44(41)54(2,3)49(42)33-39)51-30-28-48-53-43(51)20-12-24-47(53)55(48)45-22-10-15-36-16-11-23-46(55)52(36)45/h4-33H,1-3H3. The van der Waals surface area contributed by atoms with Crippen LogP contribution in [0.2, 0.25) is 0 Å². The zero-order valence-corrected chi connectivity index (χ0v) is 31.8. The molecule has 56 heavy (non-hydrogen) atoms. The zero-order chi connectivity index (χ0) is 37.3.